The predicted octanol–water partition coefficient (Wildman–Crippen LogP) is 5.14. The molecule has 2 aromatic rings. The lowest BCUT2D eigenvalue weighted by Gasteiger charge is -2.35. The number of aromatic nitrogens is 1. The standard InChI is InChI=1S/C24H18BrClF3N3O4/c1-22-7-12(10-35-19-16(25)5-13(26)9-31-19)23(2,36-22)18-17(22)20(33)32(21(18)34)14-4-3-11(8-30)15(6-14)24(27,28)29/h3-6,9,12,17-18H,7,10H2,1-2H3/t12-,17+,18?,22+,23-/m0/s1. The average molecular weight is 585 g/mol. The first-order valence-corrected chi connectivity index (χ1v) is 12.1. The molecule has 1 aromatic heterocycles. The van der Waals surface area contributed by atoms with Crippen LogP contribution in [-0.2, 0) is 20.5 Å². The summed E-state index contributed by atoms with van der Waals surface area (Å²) < 4.78 is 53.3. The zero-order valence-corrected chi connectivity index (χ0v) is 21.2. The number of amides is 2. The highest BCUT2D eigenvalue weighted by Crippen LogP contribution is 2.63. The van der Waals surface area contributed by atoms with Crippen LogP contribution in [0.5, 0.6) is 5.88 Å². The van der Waals surface area contributed by atoms with E-state index in [-0.39, 0.29) is 18.2 Å². The first kappa shape index (κ1) is 25.0. The van der Waals surface area contributed by atoms with Crippen molar-refractivity contribution in [1.29, 1.82) is 5.26 Å². The van der Waals surface area contributed by atoms with Crippen molar-refractivity contribution in [2.24, 2.45) is 17.8 Å². The fraction of sp³-hybridized carbons (Fsp3) is 0.417. The summed E-state index contributed by atoms with van der Waals surface area (Å²) in [6.45, 7) is 3.61. The molecule has 2 amide bonds. The lowest BCUT2D eigenvalue weighted by atomic mass is 9.64. The van der Waals surface area contributed by atoms with Gasteiger partial charge in [-0.05, 0) is 60.5 Å². The number of rotatable bonds is 4. The molecule has 3 aliphatic heterocycles. The van der Waals surface area contributed by atoms with E-state index in [1.165, 1.54) is 18.3 Å². The molecule has 3 fully saturated rings. The van der Waals surface area contributed by atoms with E-state index in [9.17, 15) is 22.8 Å². The Morgan fingerprint density at radius 1 is 1.28 bits per heavy atom. The number of halogens is 5. The number of carbonyl (C=O) groups is 2. The number of anilines is 1. The molecule has 0 radical (unpaired) electrons. The number of ether oxygens (including phenoxy) is 2. The molecule has 12 heteroatoms. The van der Waals surface area contributed by atoms with Crippen molar-refractivity contribution in [2.75, 3.05) is 11.5 Å². The summed E-state index contributed by atoms with van der Waals surface area (Å²) >= 11 is 9.26. The molecule has 0 saturated carbocycles. The predicted molar refractivity (Wildman–Crippen MR) is 124 cm³/mol. The van der Waals surface area contributed by atoms with E-state index in [4.69, 9.17) is 26.3 Å². The van der Waals surface area contributed by atoms with E-state index < -0.39 is 52.2 Å². The van der Waals surface area contributed by atoms with Crippen molar-refractivity contribution in [3.8, 4) is 11.9 Å². The molecular weight excluding hydrogens is 567 g/mol. The number of hydrogen-bond donors (Lipinski definition) is 0. The van der Waals surface area contributed by atoms with Gasteiger partial charge in [-0.15, -0.1) is 0 Å². The summed E-state index contributed by atoms with van der Waals surface area (Å²) in [7, 11) is 0. The van der Waals surface area contributed by atoms with Crippen molar-refractivity contribution in [3.05, 3.63) is 51.1 Å². The molecule has 3 saturated heterocycles. The van der Waals surface area contributed by atoms with E-state index in [1.807, 2.05) is 0 Å². The number of fused-ring (bicyclic) bond motifs is 5. The highest BCUT2D eigenvalue weighted by atomic mass is 79.9. The Bertz CT molecular complexity index is 1350. The van der Waals surface area contributed by atoms with Gasteiger partial charge in [0, 0.05) is 12.1 Å². The number of nitriles is 1. The van der Waals surface area contributed by atoms with Crippen LogP contribution >= 0.6 is 27.5 Å². The van der Waals surface area contributed by atoms with E-state index >= 15 is 0 Å². The van der Waals surface area contributed by atoms with Gasteiger partial charge in [-0.1, -0.05) is 11.6 Å². The van der Waals surface area contributed by atoms with Gasteiger partial charge in [-0.3, -0.25) is 9.59 Å². The topological polar surface area (TPSA) is 92.5 Å². The highest BCUT2D eigenvalue weighted by molar-refractivity contribution is 9.10. The Labute approximate surface area is 217 Å². The fourth-order valence-electron chi connectivity index (χ4n) is 5.86. The van der Waals surface area contributed by atoms with E-state index in [0.717, 1.165) is 11.0 Å². The molecule has 2 bridgehead atoms. The summed E-state index contributed by atoms with van der Waals surface area (Å²) in [6, 6.07) is 5.95. The Morgan fingerprint density at radius 3 is 2.61 bits per heavy atom. The van der Waals surface area contributed by atoms with Gasteiger partial charge in [0.05, 0.1) is 62.0 Å². The molecule has 7 nitrogen and oxygen atoms in total. The molecule has 1 unspecified atom stereocenters. The fourth-order valence-corrected chi connectivity index (χ4v) is 6.61. The van der Waals surface area contributed by atoms with Gasteiger partial charge < -0.3 is 9.47 Å². The molecular formula is C24H18BrClF3N3O4. The van der Waals surface area contributed by atoms with Crippen LogP contribution in [0.1, 0.15) is 31.4 Å². The number of imide groups is 1. The van der Waals surface area contributed by atoms with Crippen molar-refractivity contribution in [2.45, 2.75) is 37.6 Å². The minimum Gasteiger partial charge on any atom is -0.476 e. The van der Waals surface area contributed by atoms with Gasteiger partial charge in [-0.25, -0.2) is 9.88 Å². The Hall–Kier alpha value is -2.68. The van der Waals surface area contributed by atoms with Crippen LogP contribution in [0, 0.1) is 29.1 Å². The van der Waals surface area contributed by atoms with E-state index in [2.05, 4.69) is 20.9 Å². The molecule has 0 aliphatic carbocycles. The minimum atomic E-state index is -4.82. The smallest absolute Gasteiger partial charge is 0.417 e. The number of pyridine rings is 1. The van der Waals surface area contributed by atoms with Crippen LogP contribution in [0.2, 0.25) is 5.02 Å². The molecule has 5 atom stereocenters. The van der Waals surface area contributed by atoms with Crippen molar-refractivity contribution < 1.29 is 32.2 Å². The molecule has 36 heavy (non-hydrogen) atoms. The van der Waals surface area contributed by atoms with Gasteiger partial charge in [0.2, 0.25) is 17.7 Å². The summed E-state index contributed by atoms with van der Waals surface area (Å²) in [5.41, 5.74) is -4.10. The van der Waals surface area contributed by atoms with Crippen LogP contribution in [-0.4, -0.2) is 34.6 Å². The Morgan fingerprint density at radius 2 is 1.97 bits per heavy atom. The monoisotopic (exact) mass is 583 g/mol. The third-order valence-electron chi connectivity index (χ3n) is 7.38. The summed E-state index contributed by atoms with van der Waals surface area (Å²) in [5, 5.41) is 9.49. The SMILES string of the molecule is C[C@]12C[C@@H](COc3ncc(Cl)cc3Br)[C@](C)(O1)C1C(=O)N(c3ccc(C#N)c(C(F)(F)F)c3)C(=O)[C@@H]12. The van der Waals surface area contributed by atoms with Gasteiger partial charge in [-0.2, -0.15) is 18.4 Å². The number of nitrogens with zero attached hydrogens (tertiary/aromatic N) is 3. The van der Waals surface area contributed by atoms with E-state index in [1.54, 1.807) is 19.9 Å². The molecule has 5 rings (SSSR count). The minimum absolute atomic E-state index is 0.138. The summed E-state index contributed by atoms with van der Waals surface area (Å²) in [6.07, 6.45) is -2.99. The maximum Gasteiger partial charge on any atom is 0.417 e. The van der Waals surface area contributed by atoms with Crippen molar-refractivity contribution in [1.82, 2.24) is 4.98 Å². The van der Waals surface area contributed by atoms with Gasteiger partial charge >= 0.3 is 6.18 Å². The second-order valence-corrected chi connectivity index (χ2v) is 10.8. The molecule has 3 aliphatic rings. The van der Waals surface area contributed by atoms with Gasteiger partial charge in [0.15, 0.2) is 0 Å². The lowest BCUT2D eigenvalue weighted by Crippen LogP contribution is -2.48. The van der Waals surface area contributed by atoms with Crippen molar-refractivity contribution >= 4 is 45.0 Å². The first-order valence-electron chi connectivity index (χ1n) is 10.9. The van der Waals surface area contributed by atoms with Gasteiger partial charge in [0.1, 0.15) is 0 Å². The molecule has 1 aromatic carbocycles. The maximum absolute atomic E-state index is 13.6. The number of alkyl halides is 3. The molecule has 188 valence electrons. The second kappa shape index (κ2) is 8.16. The maximum atomic E-state index is 13.6. The van der Waals surface area contributed by atoms with Crippen LogP contribution in [0.25, 0.3) is 0 Å². The van der Waals surface area contributed by atoms with Crippen molar-refractivity contribution in [3.63, 3.8) is 0 Å². The van der Waals surface area contributed by atoms with Crippen LogP contribution in [0.3, 0.4) is 0 Å². The Balaban J connectivity index is 1.45. The quantitative estimate of drug-likeness (QED) is 0.462. The normalized spacial score (nSPS) is 31.1. The molecule has 0 N–H and O–H groups in total. The van der Waals surface area contributed by atoms with Crippen LogP contribution in [0.15, 0.2) is 34.9 Å². The zero-order valence-electron chi connectivity index (χ0n) is 18.9. The number of hydrogen-bond acceptors (Lipinski definition) is 6. The third kappa shape index (κ3) is 3.61. The van der Waals surface area contributed by atoms with Crippen LogP contribution in [0.4, 0.5) is 18.9 Å². The first-order chi connectivity index (χ1) is 16.8. The molecule has 0 spiro atoms. The van der Waals surface area contributed by atoms with Gasteiger partial charge in [0.25, 0.3) is 0 Å². The van der Waals surface area contributed by atoms with Crippen LogP contribution < -0.4 is 9.64 Å². The molecule has 4 heterocycles. The second-order valence-electron chi connectivity index (χ2n) is 9.56. The average Bonchev–Trinajstić information content (AvgIpc) is 3.32. The third-order valence-corrected chi connectivity index (χ3v) is 8.15. The Kier molecular flexibility index (Phi) is 5.67. The summed E-state index contributed by atoms with van der Waals surface area (Å²) in [4.78, 5) is 31.9. The summed E-state index contributed by atoms with van der Waals surface area (Å²) in [5.74, 6) is -2.99. The number of carbonyl (C=O) groups excluding carboxylic acids is 2. The highest BCUT2D eigenvalue weighted by Gasteiger charge is 2.75. The zero-order chi connectivity index (χ0) is 26.2. The largest absolute Gasteiger partial charge is 0.476 e. The number of benzene rings is 1. The lowest BCUT2D eigenvalue weighted by molar-refractivity contribution is -0.138. The van der Waals surface area contributed by atoms with E-state index in [0.29, 0.717) is 27.9 Å².